The number of rotatable bonds is 5. The van der Waals surface area contributed by atoms with Gasteiger partial charge in [0.05, 0.1) is 12.5 Å². The second-order valence-corrected chi connectivity index (χ2v) is 3.30. The maximum atomic E-state index is 11.1. The second-order valence-electron chi connectivity index (χ2n) is 3.30. The molecule has 0 saturated carbocycles. The number of nitrogens with one attached hydrogen (secondary N) is 1. The molecule has 0 rings (SSSR count). The maximum Gasteiger partial charge on any atom is 0.407 e. The molecule has 0 aromatic carbocycles. The van der Waals surface area contributed by atoms with Gasteiger partial charge in [-0.1, -0.05) is 6.92 Å². The predicted molar refractivity (Wildman–Crippen MR) is 51.1 cm³/mol. The van der Waals surface area contributed by atoms with E-state index < -0.39 is 12.1 Å². The Morgan fingerprint density at radius 2 is 2.00 bits per heavy atom. The van der Waals surface area contributed by atoms with Crippen LogP contribution in [0.2, 0.25) is 0 Å². The number of carboxylic acid groups (broad SMARTS) is 1. The number of carbonyl (C=O) groups is 2. The third-order valence-electron chi connectivity index (χ3n) is 1.58. The molecule has 0 bridgehead atoms. The minimum atomic E-state index is -0.929. The average Bonchev–Trinajstić information content (AvgIpc) is 2.00. The molecule has 1 amide bonds. The van der Waals surface area contributed by atoms with Crippen molar-refractivity contribution >= 4 is 12.1 Å². The van der Waals surface area contributed by atoms with Gasteiger partial charge in [-0.3, -0.25) is 4.79 Å². The number of carboxylic acids is 1. The third-order valence-corrected chi connectivity index (χ3v) is 1.58. The van der Waals surface area contributed by atoms with E-state index in [0.717, 1.165) is 0 Å². The van der Waals surface area contributed by atoms with Crippen LogP contribution in [0, 0.1) is 0 Å². The molecule has 0 aromatic rings. The lowest BCUT2D eigenvalue weighted by Crippen LogP contribution is -2.37. The first-order chi connectivity index (χ1) is 6.45. The van der Waals surface area contributed by atoms with E-state index in [9.17, 15) is 9.59 Å². The first kappa shape index (κ1) is 12.7. The van der Waals surface area contributed by atoms with Crippen LogP contribution in [-0.2, 0) is 9.53 Å². The minimum absolute atomic E-state index is 0.0797. The Labute approximate surface area is 83.4 Å². The van der Waals surface area contributed by atoms with Crippen LogP contribution in [0.5, 0.6) is 0 Å². The molecule has 14 heavy (non-hydrogen) atoms. The first-order valence-corrected chi connectivity index (χ1v) is 4.64. The van der Waals surface area contributed by atoms with Crippen LogP contribution in [0.4, 0.5) is 4.79 Å². The van der Waals surface area contributed by atoms with Crippen LogP contribution in [0.1, 0.15) is 33.6 Å². The molecule has 0 aliphatic rings. The quantitative estimate of drug-likeness (QED) is 0.707. The fraction of sp³-hybridized carbons (Fsp3) is 0.778. The average molecular weight is 203 g/mol. The zero-order valence-electron chi connectivity index (χ0n) is 8.74. The van der Waals surface area contributed by atoms with Gasteiger partial charge in [0.15, 0.2) is 0 Å². The molecule has 5 heteroatoms. The Bertz CT molecular complexity index is 203. The topological polar surface area (TPSA) is 75.6 Å². The molecule has 0 heterocycles. The summed E-state index contributed by atoms with van der Waals surface area (Å²) in [4.78, 5) is 21.5. The van der Waals surface area contributed by atoms with Crippen LogP contribution >= 0.6 is 0 Å². The van der Waals surface area contributed by atoms with Gasteiger partial charge in [-0.15, -0.1) is 0 Å². The van der Waals surface area contributed by atoms with Crippen LogP contribution < -0.4 is 5.32 Å². The number of ether oxygens (including phenoxy) is 1. The van der Waals surface area contributed by atoms with Crippen molar-refractivity contribution < 1.29 is 19.4 Å². The Kier molecular flexibility index (Phi) is 5.67. The zero-order chi connectivity index (χ0) is 11.1. The van der Waals surface area contributed by atoms with E-state index in [0.29, 0.717) is 6.42 Å². The summed E-state index contributed by atoms with van der Waals surface area (Å²) in [5.41, 5.74) is 0. The van der Waals surface area contributed by atoms with Crippen molar-refractivity contribution in [3.8, 4) is 0 Å². The van der Waals surface area contributed by atoms with Gasteiger partial charge in [0.25, 0.3) is 0 Å². The molecule has 2 N–H and O–H groups in total. The van der Waals surface area contributed by atoms with Crippen molar-refractivity contribution in [2.45, 2.75) is 45.8 Å². The monoisotopic (exact) mass is 203 g/mol. The fourth-order valence-electron chi connectivity index (χ4n) is 0.923. The van der Waals surface area contributed by atoms with Crippen molar-refractivity contribution in [3.05, 3.63) is 0 Å². The Balaban J connectivity index is 3.92. The highest BCUT2D eigenvalue weighted by atomic mass is 16.6. The molecule has 1 unspecified atom stereocenters. The second kappa shape index (κ2) is 6.23. The van der Waals surface area contributed by atoms with Crippen molar-refractivity contribution in [1.82, 2.24) is 5.32 Å². The van der Waals surface area contributed by atoms with Crippen molar-refractivity contribution in [1.29, 1.82) is 0 Å². The highest BCUT2D eigenvalue weighted by Crippen LogP contribution is 1.99. The van der Waals surface area contributed by atoms with E-state index in [1.54, 1.807) is 13.8 Å². The molecule has 0 aliphatic carbocycles. The summed E-state index contributed by atoms with van der Waals surface area (Å²) >= 11 is 0. The molecule has 0 spiro atoms. The van der Waals surface area contributed by atoms with Gasteiger partial charge < -0.3 is 15.2 Å². The van der Waals surface area contributed by atoms with Crippen LogP contribution in [0.25, 0.3) is 0 Å². The smallest absolute Gasteiger partial charge is 0.407 e. The summed E-state index contributed by atoms with van der Waals surface area (Å²) in [6.45, 7) is 5.28. The van der Waals surface area contributed by atoms with Gasteiger partial charge in [0.2, 0.25) is 0 Å². The Hall–Kier alpha value is -1.26. The van der Waals surface area contributed by atoms with Crippen LogP contribution in [-0.4, -0.2) is 29.3 Å². The normalized spacial score (nSPS) is 12.3. The summed E-state index contributed by atoms with van der Waals surface area (Å²) in [7, 11) is 0. The Morgan fingerprint density at radius 1 is 1.43 bits per heavy atom. The van der Waals surface area contributed by atoms with E-state index in [4.69, 9.17) is 9.84 Å². The van der Waals surface area contributed by atoms with Gasteiger partial charge in [0.1, 0.15) is 0 Å². The third kappa shape index (κ3) is 6.28. The van der Waals surface area contributed by atoms with Gasteiger partial charge in [0, 0.05) is 6.04 Å². The lowest BCUT2D eigenvalue weighted by molar-refractivity contribution is -0.137. The lowest BCUT2D eigenvalue weighted by Gasteiger charge is -2.15. The molecule has 0 saturated heterocycles. The fourth-order valence-corrected chi connectivity index (χ4v) is 0.923. The van der Waals surface area contributed by atoms with E-state index >= 15 is 0 Å². The SMILES string of the molecule is CCC(CC(=O)O)NC(=O)OC(C)C. The van der Waals surface area contributed by atoms with Gasteiger partial charge >= 0.3 is 12.1 Å². The van der Waals surface area contributed by atoms with E-state index in [-0.39, 0.29) is 18.6 Å². The predicted octanol–water partition coefficient (Wildman–Crippen LogP) is 1.37. The highest BCUT2D eigenvalue weighted by Gasteiger charge is 2.15. The maximum absolute atomic E-state index is 11.1. The van der Waals surface area contributed by atoms with Gasteiger partial charge in [-0.25, -0.2) is 4.79 Å². The van der Waals surface area contributed by atoms with Gasteiger partial charge in [-0.2, -0.15) is 0 Å². The molecule has 0 fully saturated rings. The first-order valence-electron chi connectivity index (χ1n) is 4.64. The number of alkyl carbamates (subject to hydrolysis) is 1. The van der Waals surface area contributed by atoms with E-state index in [2.05, 4.69) is 5.32 Å². The Morgan fingerprint density at radius 3 is 2.36 bits per heavy atom. The highest BCUT2D eigenvalue weighted by molar-refractivity contribution is 5.71. The van der Waals surface area contributed by atoms with Crippen LogP contribution in [0.3, 0.4) is 0 Å². The lowest BCUT2D eigenvalue weighted by atomic mass is 10.1. The molecule has 0 radical (unpaired) electrons. The summed E-state index contributed by atoms with van der Waals surface area (Å²) in [5, 5.41) is 11.0. The summed E-state index contributed by atoms with van der Waals surface area (Å²) in [6.07, 6.45) is -0.270. The minimum Gasteiger partial charge on any atom is -0.481 e. The van der Waals surface area contributed by atoms with Crippen LogP contribution in [0.15, 0.2) is 0 Å². The van der Waals surface area contributed by atoms with E-state index in [1.165, 1.54) is 0 Å². The number of hydrogen-bond acceptors (Lipinski definition) is 3. The summed E-state index contributed by atoms with van der Waals surface area (Å²) in [5.74, 6) is -0.929. The molecular weight excluding hydrogens is 186 g/mol. The number of aliphatic carboxylic acids is 1. The number of hydrogen-bond donors (Lipinski definition) is 2. The van der Waals surface area contributed by atoms with Crippen molar-refractivity contribution in [2.24, 2.45) is 0 Å². The number of carbonyl (C=O) groups excluding carboxylic acids is 1. The summed E-state index contributed by atoms with van der Waals surface area (Å²) < 4.78 is 4.82. The molecule has 1 atom stereocenters. The van der Waals surface area contributed by atoms with E-state index in [1.807, 2.05) is 6.92 Å². The molecule has 82 valence electrons. The van der Waals surface area contributed by atoms with Crippen molar-refractivity contribution in [2.75, 3.05) is 0 Å². The van der Waals surface area contributed by atoms with Gasteiger partial charge in [-0.05, 0) is 20.3 Å². The number of amides is 1. The molecule has 0 aromatic heterocycles. The molecule has 0 aliphatic heterocycles. The zero-order valence-corrected chi connectivity index (χ0v) is 8.74. The summed E-state index contributed by atoms with van der Waals surface area (Å²) in [6, 6.07) is -0.362. The molecular formula is C9H17NO4. The van der Waals surface area contributed by atoms with Crippen molar-refractivity contribution in [3.63, 3.8) is 0 Å². The standard InChI is InChI=1S/C9H17NO4/c1-4-7(5-8(11)12)10-9(13)14-6(2)3/h6-7H,4-5H2,1-3H3,(H,10,13)(H,11,12). The largest absolute Gasteiger partial charge is 0.481 e. The molecule has 5 nitrogen and oxygen atoms in total.